The van der Waals surface area contributed by atoms with Gasteiger partial charge in [-0.2, -0.15) is 13.2 Å². The molecule has 0 spiro atoms. The van der Waals surface area contributed by atoms with E-state index in [0.29, 0.717) is 65.5 Å². The molecule has 2 aliphatic rings. The lowest BCUT2D eigenvalue weighted by molar-refractivity contribution is -0.139. The second kappa shape index (κ2) is 11.2. The Morgan fingerprint density at radius 2 is 1.98 bits per heavy atom. The van der Waals surface area contributed by atoms with Gasteiger partial charge in [0, 0.05) is 23.7 Å². The molecule has 4 heterocycles. The summed E-state index contributed by atoms with van der Waals surface area (Å²) in [5.74, 6) is -0.782. The van der Waals surface area contributed by atoms with Crippen molar-refractivity contribution in [2.45, 2.75) is 57.8 Å². The maximum absolute atomic E-state index is 14.0. The van der Waals surface area contributed by atoms with Crippen LogP contribution in [-0.4, -0.2) is 49.8 Å². The Kier molecular flexibility index (Phi) is 7.59. The fourth-order valence-corrected chi connectivity index (χ4v) is 5.67. The summed E-state index contributed by atoms with van der Waals surface area (Å²) >= 11 is 6.19. The van der Waals surface area contributed by atoms with Gasteiger partial charge in [0.25, 0.3) is 0 Å². The van der Waals surface area contributed by atoms with Crippen molar-refractivity contribution >= 4 is 28.6 Å². The molecule has 1 saturated heterocycles. The van der Waals surface area contributed by atoms with E-state index in [0.717, 1.165) is 18.3 Å². The Hall–Kier alpha value is -3.67. The Labute approximate surface area is 244 Å². The maximum atomic E-state index is 14.0. The van der Waals surface area contributed by atoms with Crippen molar-refractivity contribution in [2.75, 3.05) is 13.2 Å². The Morgan fingerprint density at radius 3 is 2.67 bits per heavy atom. The fourth-order valence-electron chi connectivity index (χ4n) is 5.48. The molecule has 2 atom stereocenters. The summed E-state index contributed by atoms with van der Waals surface area (Å²) in [6, 6.07) is 12.5. The van der Waals surface area contributed by atoms with E-state index in [1.165, 1.54) is 6.07 Å². The number of carbonyl (C=O) groups is 1. The smallest absolute Gasteiger partial charge is 0.421 e. The molecule has 4 aromatic rings. The van der Waals surface area contributed by atoms with E-state index in [2.05, 4.69) is 9.88 Å². The van der Waals surface area contributed by atoms with Crippen LogP contribution in [0.5, 0.6) is 5.88 Å². The maximum Gasteiger partial charge on any atom is 0.421 e. The van der Waals surface area contributed by atoms with Crippen LogP contribution in [0.15, 0.2) is 48.5 Å². The van der Waals surface area contributed by atoms with Crippen LogP contribution < -0.4 is 4.74 Å². The van der Waals surface area contributed by atoms with Crippen LogP contribution in [0.1, 0.15) is 58.0 Å². The summed E-state index contributed by atoms with van der Waals surface area (Å²) in [5.41, 5.74) is 2.22. The van der Waals surface area contributed by atoms with Crippen LogP contribution in [0.4, 0.5) is 13.2 Å². The number of nitrogens with zero attached hydrogens (tertiary/aromatic N) is 4. The Bertz CT molecular complexity index is 1650. The number of carboxylic acids is 1. The second-order valence-electron chi connectivity index (χ2n) is 10.6. The number of hydrogen-bond acceptors (Lipinski definition) is 6. The summed E-state index contributed by atoms with van der Waals surface area (Å²) in [7, 11) is 0. The first kappa shape index (κ1) is 28.4. The number of aromatic carboxylic acids is 1. The van der Waals surface area contributed by atoms with Gasteiger partial charge in [0.1, 0.15) is 18.0 Å². The molecule has 42 heavy (non-hydrogen) atoms. The summed E-state index contributed by atoms with van der Waals surface area (Å²) in [4.78, 5) is 23.0. The molecule has 0 radical (unpaired) electrons. The van der Waals surface area contributed by atoms with E-state index in [1.807, 2.05) is 11.5 Å². The van der Waals surface area contributed by atoms with E-state index in [-0.39, 0.29) is 24.3 Å². The van der Waals surface area contributed by atoms with E-state index in [1.54, 1.807) is 36.4 Å². The predicted molar refractivity (Wildman–Crippen MR) is 149 cm³/mol. The number of fused-ring (bicyclic) bond motifs is 2. The van der Waals surface area contributed by atoms with Crippen LogP contribution in [0.3, 0.4) is 0 Å². The number of rotatable bonds is 8. The normalized spacial score (nSPS) is 19.0. The molecule has 12 heteroatoms. The summed E-state index contributed by atoms with van der Waals surface area (Å²) in [6.07, 6.45) is -3.36. The molecule has 2 aromatic heterocycles. The van der Waals surface area contributed by atoms with Gasteiger partial charge in [-0.05, 0) is 55.7 Å². The van der Waals surface area contributed by atoms with Gasteiger partial charge in [-0.3, -0.25) is 4.90 Å². The topological polar surface area (TPSA) is 89.7 Å². The lowest BCUT2D eigenvalue weighted by Gasteiger charge is -2.35. The molecular weight excluding hydrogens is 573 g/mol. The molecule has 8 nitrogen and oxygen atoms in total. The number of carboxylic acid groups (broad SMARTS) is 1. The third-order valence-corrected chi connectivity index (χ3v) is 8.31. The number of hydrogen-bond donors (Lipinski definition) is 1. The van der Waals surface area contributed by atoms with Crippen molar-refractivity contribution in [3.05, 3.63) is 87.3 Å². The minimum atomic E-state index is -4.64. The molecule has 0 amide bonds. The third-order valence-electron chi connectivity index (χ3n) is 7.94. The molecule has 0 bridgehead atoms. The third kappa shape index (κ3) is 5.56. The summed E-state index contributed by atoms with van der Waals surface area (Å²) in [5, 5.41) is 9.92. The molecule has 2 aromatic carbocycles. The molecule has 0 saturated carbocycles. The van der Waals surface area contributed by atoms with E-state index in [4.69, 9.17) is 26.1 Å². The quantitative estimate of drug-likeness (QED) is 0.254. The highest BCUT2D eigenvalue weighted by Gasteiger charge is 2.38. The number of halogens is 4. The predicted octanol–water partition coefficient (Wildman–Crippen LogP) is 6.29. The average Bonchev–Trinajstić information content (AvgIpc) is 3.27. The zero-order chi connectivity index (χ0) is 29.6. The zero-order valence-corrected chi connectivity index (χ0v) is 23.5. The van der Waals surface area contributed by atoms with Crippen LogP contribution >= 0.6 is 11.6 Å². The fraction of sp³-hybridized carbons (Fsp3) is 0.367. The molecule has 6 rings (SSSR count). The molecule has 220 valence electrons. The van der Waals surface area contributed by atoms with Gasteiger partial charge in [0.05, 0.1) is 47.5 Å². The van der Waals surface area contributed by atoms with Crippen molar-refractivity contribution in [2.24, 2.45) is 0 Å². The number of pyridine rings is 1. The van der Waals surface area contributed by atoms with Crippen molar-refractivity contribution in [1.29, 1.82) is 0 Å². The Morgan fingerprint density at radius 1 is 1.19 bits per heavy atom. The summed E-state index contributed by atoms with van der Waals surface area (Å²) < 4.78 is 55.4. The molecule has 2 aliphatic heterocycles. The SMILES string of the molecule is C[C@H]1c2nc(OCc3ccccc3Cl)c(C(F)(F)F)cc2CCN1Cc1nc2ccc(C(=O)O)cc2n1C[C@@H]1CCO1. The van der Waals surface area contributed by atoms with Gasteiger partial charge < -0.3 is 19.1 Å². The lowest BCUT2D eigenvalue weighted by Crippen LogP contribution is -2.36. The summed E-state index contributed by atoms with van der Waals surface area (Å²) in [6.45, 7) is 3.85. The first-order chi connectivity index (χ1) is 20.1. The van der Waals surface area contributed by atoms with Crippen molar-refractivity contribution in [3.8, 4) is 5.88 Å². The van der Waals surface area contributed by atoms with Gasteiger partial charge in [-0.15, -0.1) is 0 Å². The van der Waals surface area contributed by atoms with Crippen molar-refractivity contribution in [3.63, 3.8) is 0 Å². The van der Waals surface area contributed by atoms with Gasteiger partial charge in [-0.25, -0.2) is 14.8 Å². The number of alkyl halides is 3. The molecule has 0 aliphatic carbocycles. The minimum Gasteiger partial charge on any atom is -0.478 e. The van der Waals surface area contributed by atoms with Gasteiger partial charge in [0.2, 0.25) is 5.88 Å². The van der Waals surface area contributed by atoms with E-state index >= 15 is 0 Å². The van der Waals surface area contributed by atoms with Gasteiger partial charge >= 0.3 is 12.1 Å². The number of benzene rings is 2. The van der Waals surface area contributed by atoms with Crippen molar-refractivity contribution < 1.29 is 32.5 Å². The van der Waals surface area contributed by atoms with Crippen LogP contribution in [0, 0.1) is 0 Å². The first-order valence-corrected chi connectivity index (χ1v) is 14.0. The minimum absolute atomic E-state index is 0.00872. The highest BCUT2D eigenvalue weighted by molar-refractivity contribution is 6.31. The molecular formula is C30H28ClF3N4O4. The van der Waals surface area contributed by atoms with Crippen molar-refractivity contribution in [1.82, 2.24) is 19.4 Å². The standard InChI is InChI=1S/C30H28ClF3N4O4/c1-17-27-18(12-22(30(32,33)34)28(36-27)42-16-20-4-2-3-5-23(20)31)8-10-37(17)15-26-35-24-7-6-19(29(39)40)13-25(24)38(26)14-21-9-11-41-21/h2-7,12-13,17,21H,8-11,14-16H2,1H3,(H,39,40)/t17-,21-/m0/s1. The Balaban J connectivity index is 1.31. The number of imidazole rings is 1. The van der Waals surface area contributed by atoms with Crippen LogP contribution in [0.25, 0.3) is 11.0 Å². The number of aromatic nitrogens is 3. The second-order valence-corrected chi connectivity index (χ2v) is 11.0. The van der Waals surface area contributed by atoms with E-state index in [9.17, 15) is 23.1 Å². The van der Waals surface area contributed by atoms with Gasteiger partial charge in [-0.1, -0.05) is 29.8 Å². The molecule has 1 fully saturated rings. The molecule has 0 unspecified atom stereocenters. The molecule has 1 N–H and O–H groups in total. The van der Waals surface area contributed by atoms with Crippen LogP contribution in [-0.2, 0) is 37.0 Å². The largest absolute Gasteiger partial charge is 0.478 e. The highest BCUT2D eigenvalue weighted by Crippen LogP contribution is 2.40. The van der Waals surface area contributed by atoms with Crippen LogP contribution in [0.2, 0.25) is 5.02 Å². The first-order valence-electron chi connectivity index (χ1n) is 13.6. The average molecular weight is 601 g/mol. The van der Waals surface area contributed by atoms with Gasteiger partial charge in [0.15, 0.2) is 0 Å². The van der Waals surface area contributed by atoms with E-state index < -0.39 is 23.6 Å². The highest BCUT2D eigenvalue weighted by atomic mass is 35.5. The zero-order valence-electron chi connectivity index (χ0n) is 22.7. The number of ether oxygens (including phenoxy) is 2. The monoisotopic (exact) mass is 600 g/mol. The lowest BCUT2D eigenvalue weighted by atomic mass is 9.97.